The highest BCUT2D eigenvalue weighted by atomic mass is 79.9. The average molecular weight is 239 g/mol. The summed E-state index contributed by atoms with van der Waals surface area (Å²) in [6.07, 6.45) is 5.04. The fourth-order valence-electron chi connectivity index (χ4n) is 1.26. The summed E-state index contributed by atoms with van der Waals surface area (Å²) in [4.78, 5) is 15.6. The van der Waals surface area contributed by atoms with E-state index in [0.717, 1.165) is 9.86 Å². The van der Waals surface area contributed by atoms with Crippen molar-refractivity contribution >= 4 is 26.7 Å². The second-order valence-corrected chi connectivity index (χ2v) is 3.67. The maximum atomic E-state index is 11.6. The minimum absolute atomic E-state index is 0.000556. The zero-order valence-corrected chi connectivity index (χ0v) is 8.58. The molecule has 2 rings (SSSR count). The smallest absolute Gasteiger partial charge is 0.258 e. The molecule has 66 valence electrons. The highest BCUT2D eigenvalue weighted by molar-refractivity contribution is 9.10. The number of nitrogens with zero attached hydrogens (tertiary/aromatic N) is 2. The van der Waals surface area contributed by atoms with Gasteiger partial charge in [-0.15, -0.1) is 0 Å². The van der Waals surface area contributed by atoms with Gasteiger partial charge in [0.25, 0.3) is 5.56 Å². The van der Waals surface area contributed by atoms with Crippen molar-refractivity contribution < 1.29 is 0 Å². The Morgan fingerprint density at radius 2 is 2.23 bits per heavy atom. The Balaban J connectivity index is 3.06. The Morgan fingerprint density at radius 3 is 3.00 bits per heavy atom. The van der Waals surface area contributed by atoms with E-state index in [1.54, 1.807) is 36.3 Å². The fourth-order valence-corrected chi connectivity index (χ4v) is 1.88. The molecule has 0 aliphatic rings. The van der Waals surface area contributed by atoms with Crippen LogP contribution in [-0.4, -0.2) is 9.55 Å². The molecular formula is C9H7BrN2O. The molecule has 0 fully saturated rings. The van der Waals surface area contributed by atoms with Crippen LogP contribution in [0.15, 0.2) is 33.9 Å². The molecule has 0 aliphatic carbocycles. The van der Waals surface area contributed by atoms with Crippen molar-refractivity contribution in [2.75, 3.05) is 0 Å². The van der Waals surface area contributed by atoms with Crippen LogP contribution in [0.5, 0.6) is 0 Å². The van der Waals surface area contributed by atoms with E-state index in [2.05, 4.69) is 20.9 Å². The van der Waals surface area contributed by atoms with E-state index >= 15 is 0 Å². The lowest BCUT2D eigenvalue weighted by Crippen LogP contribution is -2.16. The van der Waals surface area contributed by atoms with Crippen LogP contribution in [0, 0.1) is 0 Å². The van der Waals surface area contributed by atoms with Crippen LogP contribution in [0.25, 0.3) is 10.8 Å². The summed E-state index contributed by atoms with van der Waals surface area (Å²) in [6, 6.07) is 1.72. The lowest BCUT2D eigenvalue weighted by Gasteiger charge is -2.02. The number of aryl methyl sites for hydroxylation is 1. The Hall–Kier alpha value is -1.16. The number of aromatic nitrogens is 2. The van der Waals surface area contributed by atoms with Crippen LogP contribution >= 0.6 is 15.9 Å². The first kappa shape index (κ1) is 8.44. The average Bonchev–Trinajstić information content (AvgIpc) is 2.15. The summed E-state index contributed by atoms with van der Waals surface area (Å²) in [5.41, 5.74) is 0.000556. The molecule has 0 spiro atoms. The van der Waals surface area contributed by atoms with Crippen molar-refractivity contribution in [1.29, 1.82) is 0 Å². The standard InChI is InChI=1S/C9H7BrN2O/c1-12-5-8(10)7-4-11-3-2-6(7)9(12)13/h2-5H,1H3. The second kappa shape index (κ2) is 2.96. The zero-order chi connectivity index (χ0) is 9.42. The zero-order valence-electron chi connectivity index (χ0n) is 6.99. The molecule has 2 aromatic rings. The Morgan fingerprint density at radius 1 is 1.46 bits per heavy atom. The van der Waals surface area contributed by atoms with E-state index in [9.17, 15) is 4.79 Å². The van der Waals surface area contributed by atoms with Gasteiger partial charge in [-0.3, -0.25) is 9.78 Å². The molecule has 0 amide bonds. The van der Waals surface area contributed by atoms with Gasteiger partial charge in [0.15, 0.2) is 0 Å². The molecule has 0 saturated carbocycles. The summed E-state index contributed by atoms with van der Waals surface area (Å²) in [5.74, 6) is 0. The van der Waals surface area contributed by atoms with Crippen molar-refractivity contribution in [3.63, 3.8) is 0 Å². The minimum atomic E-state index is 0.000556. The van der Waals surface area contributed by atoms with Crippen LogP contribution < -0.4 is 5.56 Å². The predicted octanol–water partition coefficient (Wildman–Crippen LogP) is 1.70. The maximum absolute atomic E-state index is 11.6. The molecule has 2 aromatic heterocycles. The summed E-state index contributed by atoms with van der Waals surface area (Å²) in [7, 11) is 1.73. The molecule has 13 heavy (non-hydrogen) atoms. The van der Waals surface area contributed by atoms with Gasteiger partial charge >= 0.3 is 0 Å². The lowest BCUT2D eigenvalue weighted by molar-refractivity contribution is 0.868. The van der Waals surface area contributed by atoms with E-state index in [1.165, 1.54) is 0 Å². The van der Waals surface area contributed by atoms with Crippen molar-refractivity contribution in [3.05, 3.63) is 39.5 Å². The highest BCUT2D eigenvalue weighted by Crippen LogP contribution is 2.18. The molecule has 0 aliphatic heterocycles. The predicted molar refractivity (Wildman–Crippen MR) is 54.7 cm³/mol. The van der Waals surface area contributed by atoms with Crippen molar-refractivity contribution in [3.8, 4) is 0 Å². The highest BCUT2D eigenvalue weighted by Gasteiger charge is 2.03. The first-order valence-corrected chi connectivity index (χ1v) is 4.58. The molecule has 2 heterocycles. The molecule has 0 aromatic carbocycles. The number of rotatable bonds is 0. The third-order valence-electron chi connectivity index (χ3n) is 1.94. The van der Waals surface area contributed by atoms with Gasteiger partial charge < -0.3 is 4.57 Å². The van der Waals surface area contributed by atoms with Crippen molar-refractivity contribution in [2.45, 2.75) is 0 Å². The molecule has 3 nitrogen and oxygen atoms in total. The number of hydrogen-bond donors (Lipinski definition) is 0. The maximum Gasteiger partial charge on any atom is 0.258 e. The number of halogens is 1. The molecule has 4 heteroatoms. The molecule has 0 N–H and O–H groups in total. The van der Waals surface area contributed by atoms with Gasteiger partial charge in [0.1, 0.15) is 0 Å². The van der Waals surface area contributed by atoms with Crippen molar-refractivity contribution in [1.82, 2.24) is 9.55 Å². The van der Waals surface area contributed by atoms with Gasteiger partial charge in [-0.2, -0.15) is 0 Å². The van der Waals surface area contributed by atoms with E-state index in [4.69, 9.17) is 0 Å². The van der Waals surface area contributed by atoms with Crippen LogP contribution in [0.2, 0.25) is 0 Å². The number of fused-ring (bicyclic) bond motifs is 1. The quantitative estimate of drug-likeness (QED) is 0.701. The molecular weight excluding hydrogens is 232 g/mol. The monoisotopic (exact) mass is 238 g/mol. The Kier molecular flexibility index (Phi) is 1.92. The first-order valence-electron chi connectivity index (χ1n) is 3.79. The SMILES string of the molecule is Cn1cc(Br)c2cnccc2c1=O. The molecule has 0 saturated heterocycles. The first-order chi connectivity index (χ1) is 6.20. The normalized spacial score (nSPS) is 10.6. The molecule has 0 radical (unpaired) electrons. The van der Waals surface area contributed by atoms with Crippen molar-refractivity contribution in [2.24, 2.45) is 7.05 Å². The van der Waals surface area contributed by atoms with Gasteiger partial charge in [-0.05, 0) is 22.0 Å². The summed E-state index contributed by atoms with van der Waals surface area (Å²) < 4.78 is 2.43. The Bertz CT molecular complexity index is 518. The number of hydrogen-bond acceptors (Lipinski definition) is 2. The van der Waals surface area contributed by atoms with Gasteiger partial charge in [0, 0.05) is 35.5 Å². The van der Waals surface area contributed by atoms with Gasteiger partial charge in [0.05, 0.1) is 5.39 Å². The van der Waals surface area contributed by atoms with E-state index in [1.807, 2.05) is 0 Å². The lowest BCUT2D eigenvalue weighted by atomic mass is 10.2. The molecule has 0 atom stereocenters. The largest absolute Gasteiger partial charge is 0.317 e. The third-order valence-corrected chi connectivity index (χ3v) is 2.57. The number of pyridine rings is 2. The van der Waals surface area contributed by atoms with Crippen LogP contribution in [0.1, 0.15) is 0 Å². The summed E-state index contributed by atoms with van der Waals surface area (Å²) in [6.45, 7) is 0. The van der Waals surface area contributed by atoms with E-state index < -0.39 is 0 Å². The Labute approximate surface area is 83.2 Å². The third kappa shape index (κ3) is 1.27. The molecule has 0 bridgehead atoms. The van der Waals surface area contributed by atoms with Gasteiger partial charge in [-0.25, -0.2) is 0 Å². The van der Waals surface area contributed by atoms with Gasteiger partial charge in [0.2, 0.25) is 0 Å². The van der Waals surface area contributed by atoms with Crippen LogP contribution in [-0.2, 0) is 7.05 Å². The molecule has 0 unspecified atom stereocenters. The minimum Gasteiger partial charge on any atom is -0.317 e. The van der Waals surface area contributed by atoms with Crippen LogP contribution in [0.4, 0.5) is 0 Å². The summed E-state index contributed by atoms with van der Waals surface area (Å²) >= 11 is 3.38. The van der Waals surface area contributed by atoms with Crippen LogP contribution in [0.3, 0.4) is 0 Å². The van der Waals surface area contributed by atoms with E-state index in [0.29, 0.717) is 5.39 Å². The topological polar surface area (TPSA) is 34.9 Å². The van der Waals surface area contributed by atoms with Gasteiger partial charge in [-0.1, -0.05) is 0 Å². The van der Waals surface area contributed by atoms with E-state index in [-0.39, 0.29) is 5.56 Å². The fraction of sp³-hybridized carbons (Fsp3) is 0.111. The summed E-state index contributed by atoms with van der Waals surface area (Å²) in [5, 5.41) is 1.54. The second-order valence-electron chi connectivity index (χ2n) is 2.81.